The molecule has 0 aliphatic carbocycles. The molecule has 2 fully saturated rings. The van der Waals surface area contributed by atoms with Gasteiger partial charge in [-0.2, -0.15) is 0 Å². The van der Waals surface area contributed by atoms with Crippen LogP contribution in [0.5, 0.6) is 5.75 Å². The molecule has 0 aromatic heterocycles. The fraction of sp³-hybridized carbons (Fsp3) is 0.548. The topological polar surface area (TPSA) is 84.9 Å². The van der Waals surface area contributed by atoms with E-state index in [9.17, 15) is 4.79 Å². The van der Waals surface area contributed by atoms with Crippen LogP contribution in [-0.2, 0) is 27.5 Å². The summed E-state index contributed by atoms with van der Waals surface area (Å²) in [6.07, 6.45) is 0.916. The molecule has 2 heterocycles. The Balaban J connectivity index is 1.37. The molecule has 224 valence electrons. The van der Waals surface area contributed by atoms with E-state index in [0.717, 1.165) is 22.9 Å². The van der Waals surface area contributed by atoms with Gasteiger partial charge in [0.2, 0.25) is 5.96 Å². The number of rotatable bonds is 12. The highest BCUT2D eigenvalue weighted by molar-refractivity contribution is 6.76. The average Bonchev–Trinajstić information content (AvgIpc) is 3.28. The molecule has 2 saturated heterocycles. The van der Waals surface area contributed by atoms with Gasteiger partial charge in [0.15, 0.2) is 5.72 Å². The zero-order chi connectivity index (χ0) is 29.3. The first-order chi connectivity index (χ1) is 19.6. The molecule has 2 aliphatic rings. The molecule has 1 N–H and O–H groups in total. The predicted molar refractivity (Wildman–Crippen MR) is 163 cm³/mol. The summed E-state index contributed by atoms with van der Waals surface area (Å²) in [5.74, 6) is 1.99. The third-order valence-corrected chi connectivity index (χ3v) is 8.93. The lowest BCUT2D eigenvalue weighted by atomic mass is 9.99. The number of piperidine rings is 1. The Morgan fingerprint density at radius 3 is 2.41 bits per heavy atom. The monoisotopic (exact) mass is 582 g/mol. The Bertz CT molecular complexity index is 1130. The molecule has 0 saturated carbocycles. The molecule has 10 heteroatoms. The van der Waals surface area contributed by atoms with Gasteiger partial charge >= 0.3 is 6.09 Å². The van der Waals surface area contributed by atoms with Crippen molar-refractivity contribution in [3.8, 4) is 5.75 Å². The number of hydrogen-bond acceptors (Lipinski definition) is 6. The van der Waals surface area contributed by atoms with Crippen LogP contribution >= 0.6 is 0 Å². The highest BCUT2D eigenvalue weighted by Crippen LogP contribution is 2.34. The number of amides is 1. The van der Waals surface area contributed by atoms with E-state index in [-0.39, 0.29) is 12.7 Å². The summed E-state index contributed by atoms with van der Waals surface area (Å²) in [5, 5.41) is 0. The van der Waals surface area contributed by atoms with Crippen molar-refractivity contribution in [2.75, 3.05) is 33.0 Å². The zero-order valence-corrected chi connectivity index (χ0v) is 26.2. The quantitative estimate of drug-likeness (QED) is 0.248. The second-order valence-corrected chi connectivity index (χ2v) is 18.1. The molecule has 2 aromatic carbocycles. The van der Waals surface area contributed by atoms with Gasteiger partial charge < -0.3 is 19.1 Å². The van der Waals surface area contributed by atoms with Crippen LogP contribution in [0.15, 0.2) is 59.6 Å². The third-order valence-electron chi connectivity index (χ3n) is 7.22. The zero-order valence-electron chi connectivity index (χ0n) is 25.2. The summed E-state index contributed by atoms with van der Waals surface area (Å²) in [5.41, 5.74) is 4.49. The normalized spacial score (nSPS) is 17.8. The van der Waals surface area contributed by atoms with Crippen LogP contribution in [0.25, 0.3) is 0 Å². The highest BCUT2D eigenvalue weighted by Gasteiger charge is 2.49. The van der Waals surface area contributed by atoms with E-state index < -0.39 is 13.8 Å². The molecule has 4 rings (SSSR count). The number of nitrogens with one attached hydrogen (secondary N) is 1. The van der Waals surface area contributed by atoms with E-state index in [1.54, 1.807) is 4.90 Å². The number of likely N-dealkylation sites (tertiary alicyclic amines) is 1. The first kappa shape index (κ1) is 30.9. The Kier molecular flexibility index (Phi) is 10.7. The van der Waals surface area contributed by atoms with Crippen LogP contribution < -0.4 is 10.2 Å². The minimum atomic E-state index is -1.22. The number of carbonyl (C=O) groups is 1. The Morgan fingerprint density at radius 1 is 1.05 bits per heavy atom. The minimum absolute atomic E-state index is 0.262. The molecule has 0 bridgehead atoms. The maximum Gasteiger partial charge on any atom is 0.410 e. The summed E-state index contributed by atoms with van der Waals surface area (Å²) in [6.45, 7) is 14.9. The van der Waals surface area contributed by atoms with Crippen molar-refractivity contribution in [1.82, 2.24) is 15.3 Å². The largest absolute Gasteiger partial charge is 0.493 e. The van der Waals surface area contributed by atoms with Crippen LogP contribution in [0, 0.1) is 5.92 Å². The third kappa shape index (κ3) is 9.21. The molecular formula is C31H46N4O5Si. The van der Waals surface area contributed by atoms with E-state index in [4.69, 9.17) is 24.0 Å². The van der Waals surface area contributed by atoms with Gasteiger partial charge in [0, 0.05) is 40.6 Å². The second kappa shape index (κ2) is 14.2. The Labute approximate surface area is 245 Å². The molecule has 0 atom stereocenters. The van der Waals surface area contributed by atoms with Gasteiger partial charge in [-0.3, -0.25) is 4.90 Å². The van der Waals surface area contributed by atoms with E-state index >= 15 is 0 Å². The fourth-order valence-electron chi connectivity index (χ4n) is 4.62. The van der Waals surface area contributed by atoms with Crippen molar-refractivity contribution in [3.63, 3.8) is 0 Å². The van der Waals surface area contributed by atoms with Crippen LogP contribution in [-0.4, -0.2) is 68.7 Å². The van der Waals surface area contributed by atoms with Crippen molar-refractivity contribution in [2.24, 2.45) is 10.9 Å². The molecular weight excluding hydrogens is 536 g/mol. The molecule has 41 heavy (non-hydrogen) atoms. The number of aliphatic imine (C=N–C) groups is 1. The lowest BCUT2D eigenvalue weighted by Gasteiger charge is -2.41. The SMILES string of the molecule is CC(C)COc1ccc(CN=C2NOC3(CCN(C(=O)OCc4ccccc4)CC3)N2COCC[Si](C)(C)C)cc1. The number of benzene rings is 2. The molecule has 2 aromatic rings. The standard InChI is InChI=1S/C31H46N4O5Si/c1-25(2)22-38-28-13-11-26(12-14-28)21-32-29-33-40-31(35(29)24-37-19-20-41(3,4)5)15-17-34(18-16-31)30(36)39-23-27-9-7-6-8-10-27/h6-14,25H,15-24H2,1-5H3,(H,32,33). The molecule has 0 radical (unpaired) electrons. The smallest absolute Gasteiger partial charge is 0.410 e. The fourth-order valence-corrected chi connectivity index (χ4v) is 5.37. The van der Waals surface area contributed by atoms with E-state index in [0.29, 0.717) is 64.3 Å². The number of nitrogens with zero attached hydrogens (tertiary/aromatic N) is 3. The van der Waals surface area contributed by atoms with Crippen LogP contribution in [0.4, 0.5) is 4.79 Å². The van der Waals surface area contributed by atoms with Gasteiger partial charge in [-0.05, 0) is 35.2 Å². The number of hydroxylamine groups is 1. The minimum Gasteiger partial charge on any atom is -0.493 e. The van der Waals surface area contributed by atoms with Gasteiger partial charge in [0.1, 0.15) is 19.1 Å². The number of hydrogen-bond donors (Lipinski definition) is 1. The number of ether oxygens (including phenoxy) is 3. The summed E-state index contributed by atoms with van der Waals surface area (Å²) in [7, 11) is -1.22. The molecule has 2 aliphatic heterocycles. The molecule has 0 unspecified atom stereocenters. The van der Waals surface area contributed by atoms with Gasteiger partial charge in [-0.25, -0.2) is 20.1 Å². The Morgan fingerprint density at radius 2 is 1.76 bits per heavy atom. The number of carbonyl (C=O) groups excluding carboxylic acids is 1. The maximum absolute atomic E-state index is 12.8. The first-order valence-corrected chi connectivity index (χ1v) is 18.4. The summed E-state index contributed by atoms with van der Waals surface area (Å²) in [4.78, 5) is 27.7. The summed E-state index contributed by atoms with van der Waals surface area (Å²) >= 11 is 0. The lowest BCUT2D eigenvalue weighted by molar-refractivity contribution is -0.160. The van der Waals surface area contributed by atoms with Crippen molar-refractivity contribution in [2.45, 2.75) is 71.3 Å². The van der Waals surface area contributed by atoms with Crippen molar-refractivity contribution >= 4 is 20.1 Å². The molecule has 1 spiro atoms. The van der Waals surface area contributed by atoms with Crippen molar-refractivity contribution < 1.29 is 23.8 Å². The average molecular weight is 583 g/mol. The molecule has 9 nitrogen and oxygen atoms in total. The van der Waals surface area contributed by atoms with E-state index in [1.807, 2.05) is 54.6 Å². The summed E-state index contributed by atoms with van der Waals surface area (Å²) < 4.78 is 17.5. The van der Waals surface area contributed by atoms with Crippen LogP contribution in [0.2, 0.25) is 25.7 Å². The number of guanidine groups is 1. The molecule has 1 amide bonds. The highest BCUT2D eigenvalue weighted by atomic mass is 28.3. The van der Waals surface area contributed by atoms with Gasteiger partial charge in [0.25, 0.3) is 0 Å². The first-order valence-electron chi connectivity index (χ1n) is 14.6. The van der Waals surface area contributed by atoms with Crippen molar-refractivity contribution in [1.29, 1.82) is 0 Å². The van der Waals surface area contributed by atoms with Gasteiger partial charge in [-0.15, -0.1) is 0 Å². The predicted octanol–water partition coefficient (Wildman–Crippen LogP) is 5.86. The van der Waals surface area contributed by atoms with Gasteiger partial charge in [0.05, 0.1) is 13.2 Å². The lowest BCUT2D eigenvalue weighted by Crippen LogP contribution is -2.55. The maximum atomic E-state index is 12.8. The summed E-state index contributed by atoms with van der Waals surface area (Å²) in [6, 6.07) is 18.9. The van der Waals surface area contributed by atoms with Crippen LogP contribution in [0.1, 0.15) is 37.8 Å². The van der Waals surface area contributed by atoms with E-state index in [2.05, 4.69) is 43.9 Å². The second-order valence-electron chi connectivity index (χ2n) is 12.4. The van der Waals surface area contributed by atoms with E-state index in [1.165, 1.54) is 0 Å². The van der Waals surface area contributed by atoms with Gasteiger partial charge in [-0.1, -0.05) is 76.0 Å². The van der Waals surface area contributed by atoms with Crippen LogP contribution in [0.3, 0.4) is 0 Å². The van der Waals surface area contributed by atoms with Crippen molar-refractivity contribution in [3.05, 3.63) is 65.7 Å². The Hall–Kier alpha value is -3.08.